The number of benzene rings is 1. The Balaban J connectivity index is 1.52. The van der Waals surface area contributed by atoms with Crippen LogP contribution in [0.25, 0.3) is 0 Å². The molecular formula is C21H27ClN4O4S. The second-order valence-corrected chi connectivity index (χ2v) is 9.74. The van der Waals surface area contributed by atoms with Crippen LogP contribution in [0.15, 0.2) is 41.6 Å². The first kappa shape index (κ1) is 23.4. The highest BCUT2D eigenvalue weighted by Gasteiger charge is 2.25. The van der Waals surface area contributed by atoms with Crippen LogP contribution in [-0.2, 0) is 10.0 Å². The zero-order chi connectivity index (χ0) is 22.4. The van der Waals surface area contributed by atoms with Crippen LogP contribution in [-0.4, -0.2) is 53.8 Å². The fourth-order valence-corrected chi connectivity index (χ4v) is 5.15. The molecule has 2 aromatic rings. The highest BCUT2D eigenvalue weighted by Crippen LogP contribution is 2.23. The molecule has 1 fully saturated rings. The van der Waals surface area contributed by atoms with E-state index in [4.69, 9.17) is 16.3 Å². The van der Waals surface area contributed by atoms with E-state index in [1.165, 1.54) is 28.8 Å². The standard InChI is InChI=1S/C21H27ClN4O4S/c1-3-26(4-2)31(28,29)19-11-5-15(6-12-19)20(27)25-17-7-9-18(10-8-17)30-21-23-13-16(22)14-24-21/h5-6,11-14,17-18H,3-4,7-10H2,1-2H3,(H,25,27). The fourth-order valence-electron chi connectivity index (χ4n) is 3.59. The number of nitrogens with one attached hydrogen (secondary N) is 1. The van der Waals surface area contributed by atoms with Gasteiger partial charge in [0.05, 0.1) is 22.3 Å². The fraction of sp³-hybridized carbons (Fsp3) is 0.476. The summed E-state index contributed by atoms with van der Waals surface area (Å²) in [6.07, 6.45) is 6.09. The molecule has 31 heavy (non-hydrogen) atoms. The number of aromatic nitrogens is 2. The lowest BCUT2D eigenvalue weighted by Crippen LogP contribution is -2.39. The maximum atomic E-state index is 12.6. The first-order valence-electron chi connectivity index (χ1n) is 10.4. The number of carbonyl (C=O) groups excluding carboxylic acids is 1. The molecule has 1 amide bonds. The molecule has 8 nitrogen and oxygen atoms in total. The molecular weight excluding hydrogens is 440 g/mol. The summed E-state index contributed by atoms with van der Waals surface area (Å²) in [5.41, 5.74) is 0.437. The number of hydrogen-bond acceptors (Lipinski definition) is 6. The molecule has 10 heteroatoms. The molecule has 0 saturated heterocycles. The van der Waals surface area contributed by atoms with Gasteiger partial charge in [-0.25, -0.2) is 18.4 Å². The van der Waals surface area contributed by atoms with E-state index in [9.17, 15) is 13.2 Å². The molecule has 3 rings (SSSR count). The van der Waals surface area contributed by atoms with Gasteiger partial charge in [-0.15, -0.1) is 0 Å². The molecule has 1 saturated carbocycles. The number of ether oxygens (including phenoxy) is 1. The molecule has 0 aliphatic heterocycles. The Labute approximate surface area is 188 Å². The highest BCUT2D eigenvalue weighted by molar-refractivity contribution is 7.89. The maximum absolute atomic E-state index is 12.6. The second-order valence-electron chi connectivity index (χ2n) is 7.36. The van der Waals surface area contributed by atoms with Crippen molar-refractivity contribution in [2.75, 3.05) is 13.1 Å². The van der Waals surface area contributed by atoms with Gasteiger partial charge in [-0.2, -0.15) is 4.31 Å². The molecule has 0 radical (unpaired) electrons. The molecule has 0 spiro atoms. The van der Waals surface area contributed by atoms with Gasteiger partial charge in [-0.3, -0.25) is 4.79 Å². The Morgan fingerprint density at radius 3 is 2.23 bits per heavy atom. The number of halogens is 1. The van der Waals surface area contributed by atoms with Gasteiger partial charge in [-0.05, 0) is 49.9 Å². The summed E-state index contributed by atoms with van der Waals surface area (Å²) in [4.78, 5) is 20.9. The van der Waals surface area contributed by atoms with Crippen molar-refractivity contribution in [2.45, 2.75) is 56.6 Å². The summed E-state index contributed by atoms with van der Waals surface area (Å²) in [5, 5.41) is 3.48. The molecule has 168 valence electrons. The molecule has 0 bridgehead atoms. The molecule has 1 aromatic heterocycles. The largest absolute Gasteiger partial charge is 0.460 e. The first-order valence-corrected chi connectivity index (χ1v) is 12.2. The van der Waals surface area contributed by atoms with Gasteiger partial charge in [0.25, 0.3) is 5.91 Å². The Morgan fingerprint density at radius 1 is 1.10 bits per heavy atom. The lowest BCUT2D eigenvalue weighted by atomic mass is 9.92. The summed E-state index contributed by atoms with van der Waals surface area (Å²) in [5.74, 6) is -0.211. The predicted molar refractivity (Wildman–Crippen MR) is 118 cm³/mol. The van der Waals surface area contributed by atoms with Crippen LogP contribution >= 0.6 is 11.6 Å². The Morgan fingerprint density at radius 2 is 1.68 bits per heavy atom. The average molecular weight is 467 g/mol. The summed E-state index contributed by atoms with van der Waals surface area (Å²) < 4.78 is 32.3. The summed E-state index contributed by atoms with van der Waals surface area (Å²) in [7, 11) is -3.54. The topological polar surface area (TPSA) is 101 Å². The zero-order valence-corrected chi connectivity index (χ0v) is 19.2. The molecule has 1 aliphatic rings. The van der Waals surface area contributed by atoms with Crippen LogP contribution in [0, 0.1) is 0 Å². The predicted octanol–water partition coefficient (Wildman–Crippen LogP) is 3.28. The van der Waals surface area contributed by atoms with E-state index in [1.54, 1.807) is 26.0 Å². The van der Waals surface area contributed by atoms with Crippen molar-refractivity contribution >= 4 is 27.5 Å². The third-order valence-corrected chi connectivity index (χ3v) is 7.60. The summed E-state index contributed by atoms with van der Waals surface area (Å²) in [6.45, 7) is 4.39. The van der Waals surface area contributed by atoms with Crippen LogP contribution in [0.3, 0.4) is 0 Å². The normalized spacial score (nSPS) is 19.2. The zero-order valence-electron chi connectivity index (χ0n) is 17.6. The third-order valence-electron chi connectivity index (χ3n) is 5.34. The molecule has 1 aliphatic carbocycles. The SMILES string of the molecule is CCN(CC)S(=O)(=O)c1ccc(C(=O)NC2CCC(Oc3ncc(Cl)cn3)CC2)cc1. The van der Waals surface area contributed by atoms with E-state index in [0.717, 1.165) is 25.7 Å². The quantitative estimate of drug-likeness (QED) is 0.640. The van der Waals surface area contributed by atoms with Gasteiger partial charge in [0.2, 0.25) is 10.0 Å². The number of hydrogen-bond donors (Lipinski definition) is 1. The van der Waals surface area contributed by atoms with Crippen molar-refractivity contribution in [2.24, 2.45) is 0 Å². The summed E-state index contributed by atoms with van der Waals surface area (Å²) >= 11 is 5.78. The first-order chi connectivity index (χ1) is 14.8. The smallest absolute Gasteiger partial charge is 0.316 e. The van der Waals surface area contributed by atoms with E-state index in [0.29, 0.717) is 29.7 Å². The van der Waals surface area contributed by atoms with Crippen molar-refractivity contribution in [1.82, 2.24) is 19.6 Å². The Kier molecular flexibility index (Phi) is 7.85. The van der Waals surface area contributed by atoms with Gasteiger partial charge >= 0.3 is 6.01 Å². The number of sulfonamides is 1. The minimum atomic E-state index is -3.54. The average Bonchev–Trinajstić information content (AvgIpc) is 2.77. The van der Waals surface area contributed by atoms with Crippen LogP contribution in [0.4, 0.5) is 0 Å². The monoisotopic (exact) mass is 466 g/mol. The Hall–Kier alpha value is -2.23. The van der Waals surface area contributed by atoms with E-state index in [2.05, 4.69) is 15.3 Å². The summed E-state index contributed by atoms with van der Waals surface area (Å²) in [6, 6.07) is 6.42. The van der Waals surface area contributed by atoms with E-state index in [-0.39, 0.29) is 22.9 Å². The maximum Gasteiger partial charge on any atom is 0.316 e. The van der Waals surface area contributed by atoms with Gasteiger partial charge in [-0.1, -0.05) is 25.4 Å². The van der Waals surface area contributed by atoms with Crippen LogP contribution in [0.2, 0.25) is 5.02 Å². The van der Waals surface area contributed by atoms with E-state index >= 15 is 0 Å². The number of rotatable bonds is 8. The molecule has 0 unspecified atom stereocenters. The van der Waals surface area contributed by atoms with Crippen LogP contribution in [0.1, 0.15) is 49.9 Å². The minimum Gasteiger partial charge on any atom is -0.460 e. The Bertz CT molecular complexity index is 971. The minimum absolute atomic E-state index is 0.00102. The van der Waals surface area contributed by atoms with E-state index in [1.807, 2.05) is 0 Å². The number of amides is 1. The molecule has 1 aromatic carbocycles. The van der Waals surface area contributed by atoms with Crippen molar-refractivity contribution in [3.63, 3.8) is 0 Å². The lowest BCUT2D eigenvalue weighted by molar-refractivity contribution is 0.0885. The van der Waals surface area contributed by atoms with Crippen molar-refractivity contribution in [3.05, 3.63) is 47.2 Å². The van der Waals surface area contributed by atoms with Crippen molar-refractivity contribution in [1.29, 1.82) is 0 Å². The van der Waals surface area contributed by atoms with Gasteiger partial charge < -0.3 is 10.1 Å². The van der Waals surface area contributed by atoms with E-state index < -0.39 is 10.0 Å². The molecule has 0 atom stereocenters. The molecule has 1 N–H and O–H groups in total. The molecule has 1 heterocycles. The van der Waals surface area contributed by atoms with Crippen molar-refractivity contribution in [3.8, 4) is 6.01 Å². The van der Waals surface area contributed by atoms with Crippen LogP contribution in [0.5, 0.6) is 6.01 Å². The second kappa shape index (κ2) is 10.4. The van der Waals surface area contributed by atoms with Gasteiger partial charge in [0.1, 0.15) is 6.10 Å². The van der Waals surface area contributed by atoms with Gasteiger partial charge in [0.15, 0.2) is 0 Å². The van der Waals surface area contributed by atoms with Crippen molar-refractivity contribution < 1.29 is 17.9 Å². The van der Waals surface area contributed by atoms with Crippen LogP contribution < -0.4 is 10.1 Å². The number of nitrogens with zero attached hydrogens (tertiary/aromatic N) is 3. The third kappa shape index (κ3) is 5.93. The number of carbonyl (C=O) groups is 1. The lowest BCUT2D eigenvalue weighted by Gasteiger charge is -2.28. The highest BCUT2D eigenvalue weighted by atomic mass is 35.5. The van der Waals surface area contributed by atoms with Gasteiger partial charge in [0, 0.05) is 24.7 Å².